The van der Waals surface area contributed by atoms with E-state index in [-0.39, 0.29) is 6.20 Å². The standard InChI is InChI=1S/C7H4F6N2O/c8-3-4(14)2(16-7(11,12)13)1-15-5(3)6(9)10/h1,6H,(H2,14,15). The number of halogens is 6. The molecule has 0 radical (unpaired) electrons. The minimum absolute atomic E-state index is 0.285. The molecular formula is C7H4F6N2O. The summed E-state index contributed by atoms with van der Waals surface area (Å²) in [6.45, 7) is 0. The smallest absolute Gasteiger partial charge is 0.402 e. The van der Waals surface area contributed by atoms with E-state index in [2.05, 4.69) is 9.72 Å². The maximum Gasteiger partial charge on any atom is 0.573 e. The Labute approximate surface area is 84.8 Å². The summed E-state index contributed by atoms with van der Waals surface area (Å²) in [5.41, 5.74) is 2.36. The van der Waals surface area contributed by atoms with Crippen molar-refractivity contribution in [3.63, 3.8) is 0 Å². The van der Waals surface area contributed by atoms with Gasteiger partial charge in [-0.15, -0.1) is 13.2 Å². The average Bonchev–Trinajstić information content (AvgIpc) is 2.10. The number of hydrogen-bond donors (Lipinski definition) is 1. The average molecular weight is 246 g/mol. The van der Waals surface area contributed by atoms with E-state index in [0.717, 1.165) is 0 Å². The Morgan fingerprint density at radius 1 is 1.31 bits per heavy atom. The van der Waals surface area contributed by atoms with Crippen molar-refractivity contribution >= 4 is 5.69 Å². The van der Waals surface area contributed by atoms with Crippen LogP contribution in [-0.4, -0.2) is 11.3 Å². The molecule has 0 amide bonds. The van der Waals surface area contributed by atoms with Crippen molar-refractivity contribution in [1.29, 1.82) is 0 Å². The van der Waals surface area contributed by atoms with Crippen LogP contribution < -0.4 is 10.5 Å². The summed E-state index contributed by atoms with van der Waals surface area (Å²) in [6, 6.07) is 0. The first-order valence-corrected chi connectivity index (χ1v) is 3.70. The third-order valence-electron chi connectivity index (χ3n) is 1.48. The van der Waals surface area contributed by atoms with Crippen molar-refractivity contribution in [3.8, 4) is 5.75 Å². The molecule has 1 rings (SSSR count). The van der Waals surface area contributed by atoms with Gasteiger partial charge in [-0.1, -0.05) is 0 Å². The van der Waals surface area contributed by atoms with Gasteiger partial charge in [0.1, 0.15) is 11.4 Å². The zero-order chi connectivity index (χ0) is 12.5. The molecule has 1 aromatic heterocycles. The predicted molar refractivity (Wildman–Crippen MR) is 40.2 cm³/mol. The molecule has 0 unspecified atom stereocenters. The van der Waals surface area contributed by atoms with E-state index < -0.39 is 35.7 Å². The third kappa shape index (κ3) is 2.67. The molecule has 0 aromatic carbocycles. The van der Waals surface area contributed by atoms with Gasteiger partial charge in [0.25, 0.3) is 6.43 Å². The van der Waals surface area contributed by atoms with Gasteiger partial charge in [0.05, 0.1) is 6.20 Å². The highest BCUT2D eigenvalue weighted by atomic mass is 19.4. The van der Waals surface area contributed by atoms with Crippen LogP contribution in [0.15, 0.2) is 6.20 Å². The number of nitrogen functional groups attached to an aromatic ring is 1. The summed E-state index contributed by atoms with van der Waals surface area (Å²) in [5.74, 6) is -2.88. The maximum atomic E-state index is 13.0. The Balaban J connectivity index is 3.12. The highest BCUT2D eigenvalue weighted by Crippen LogP contribution is 2.33. The first kappa shape index (κ1) is 12.4. The minimum atomic E-state index is -5.10. The summed E-state index contributed by atoms with van der Waals surface area (Å²) in [4.78, 5) is 2.79. The fourth-order valence-corrected chi connectivity index (χ4v) is 0.859. The third-order valence-corrected chi connectivity index (χ3v) is 1.48. The van der Waals surface area contributed by atoms with Gasteiger partial charge in [0.2, 0.25) is 0 Å². The molecule has 0 saturated heterocycles. The van der Waals surface area contributed by atoms with Crippen LogP contribution in [0.2, 0.25) is 0 Å². The number of rotatable bonds is 2. The van der Waals surface area contributed by atoms with Crippen LogP contribution >= 0.6 is 0 Å². The van der Waals surface area contributed by atoms with E-state index in [9.17, 15) is 26.3 Å². The van der Waals surface area contributed by atoms with Gasteiger partial charge in [-0.05, 0) is 0 Å². The van der Waals surface area contributed by atoms with Crippen molar-refractivity contribution < 1.29 is 31.1 Å². The van der Waals surface area contributed by atoms with E-state index >= 15 is 0 Å². The lowest BCUT2D eigenvalue weighted by atomic mass is 10.3. The number of nitrogens with two attached hydrogens (primary N) is 1. The van der Waals surface area contributed by atoms with Crippen LogP contribution in [0, 0.1) is 5.82 Å². The van der Waals surface area contributed by atoms with Crippen LogP contribution in [0.1, 0.15) is 12.1 Å². The number of ether oxygens (including phenoxy) is 1. The van der Waals surface area contributed by atoms with Crippen molar-refractivity contribution in [1.82, 2.24) is 4.98 Å². The SMILES string of the molecule is Nc1c(OC(F)(F)F)cnc(C(F)F)c1F. The molecule has 0 aliphatic heterocycles. The molecular weight excluding hydrogens is 242 g/mol. The highest BCUT2D eigenvalue weighted by molar-refractivity contribution is 5.53. The number of nitrogens with zero attached hydrogens (tertiary/aromatic N) is 1. The second kappa shape index (κ2) is 4.06. The predicted octanol–water partition coefficient (Wildman–Crippen LogP) is 2.64. The number of hydrogen-bond acceptors (Lipinski definition) is 3. The van der Waals surface area contributed by atoms with Crippen LogP contribution in [0.25, 0.3) is 0 Å². The number of aromatic nitrogens is 1. The Morgan fingerprint density at radius 3 is 2.31 bits per heavy atom. The Hall–Kier alpha value is -1.67. The van der Waals surface area contributed by atoms with E-state index in [0.29, 0.717) is 0 Å². The molecule has 0 fully saturated rings. The lowest BCUT2D eigenvalue weighted by Crippen LogP contribution is -2.19. The van der Waals surface area contributed by atoms with Crippen LogP contribution in [0.4, 0.5) is 32.0 Å². The molecule has 1 heterocycles. The fourth-order valence-electron chi connectivity index (χ4n) is 0.859. The summed E-state index contributed by atoms with van der Waals surface area (Å²) < 4.78 is 75.6. The normalized spacial score (nSPS) is 11.9. The van der Waals surface area contributed by atoms with Gasteiger partial charge in [-0.25, -0.2) is 18.2 Å². The second-order valence-corrected chi connectivity index (χ2v) is 2.58. The van der Waals surface area contributed by atoms with Crippen molar-refractivity contribution in [3.05, 3.63) is 17.7 Å². The van der Waals surface area contributed by atoms with Crippen LogP contribution in [0.5, 0.6) is 5.75 Å². The number of alkyl halides is 5. The molecule has 3 nitrogen and oxygen atoms in total. The van der Waals surface area contributed by atoms with Crippen LogP contribution in [-0.2, 0) is 0 Å². The second-order valence-electron chi connectivity index (χ2n) is 2.58. The maximum absolute atomic E-state index is 13.0. The molecule has 2 N–H and O–H groups in total. The van der Waals surface area contributed by atoms with Gasteiger partial charge >= 0.3 is 6.36 Å². The first-order chi connectivity index (χ1) is 7.22. The van der Waals surface area contributed by atoms with E-state index in [4.69, 9.17) is 5.73 Å². The molecule has 16 heavy (non-hydrogen) atoms. The molecule has 1 aromatic rings. The Bertz CT molecular complexity index is 391. The molecule has 9 heteroatoms. The van der Waals surface area contributed by atoms with Gasteiger partial charge in [0.15, 0.2) is 11.6 Å². The molecule has 90 valence electrons. The molecule has 0 saturated carbocycles. The lowest BCUT2D eigenvalue weighted by molar-refractivity contribution is -0.274. The monoisotopic (exact) mass is 246 g/mol. The van der Waals surface area contributed by atoms with Crippen molar-refractivity contribution in [2.75, 3.05) is 5.73 Å². The molecule has 0 aliphatic carbocycles. The van der Waals surface area contributed by atoms with Gasteiger partial charge < -0.3 is 10.5 Å². The zero-order valence-electron chi connectivity index (χ0n) is 7.36. The summed E-state index contributed by atoms with van der Waals surface area (Å²) in [5, 5.41) is 0. The van der Waals surface area contributed by atoms with Crippen molar-refractivity contribution in [2.45, 2.75) is 12.8 Å². The van der Waals surface area contributed by atoms with Gasteiger partial charge in [-0.3, -0.25) is 0 Å². The zero-order valence-corrected chi connectivity index (χ0v) is 7.36. The van der Waals surface area contributed by atoms with E-state index in [1.807, 2.05) is 0 Å². The van der Waals surface area contributed by atoms with Gasteiger partial charge in [0, 0.05) is 0 Å². The van der Waals surface area contributed by atoms with E-state index in [1.165, 1.54) is 0 Å². The quantitative estimate of drug-likeness (QED) is 0.816. The minimum Gasteiger partial charge on any atom is -0.402 e. The Kier molecular flexibility index (Phi) is 3.15. The van der Waals surface area contributed by atoms with Crippen LogP contribution in [0.3, 0.4) is 0 Å². The lowest BCUT2D eigenvalue weighted by Gasteiger charge is -2.12. The summed E-state index contributed by atoms with van der Waals surface area (Å²) in [6.07, 6.45) is -8.09. The largest absolute Gasteiger partial charge is 0.573 e. The molecule has 0 aliphatic rings. The number of anilines is 1. The van der Waals surface area contributed by atoms with Crippen molar-refractivity contribution in [2.24, 2.45) is 0 Å². The molecule has 0 atom stereocenters. The first-order valence-electron chi connectivity index (χ1n) is 3.70. The molecule has 0 spiro atoms. The number of pyridine rings is 1. The van der Waals surface area contributed by atoms with E-state index in [1.54, 1.807) is 0 Å². The summed E-state index contributed by atoms with van der Waals surface area (Å²) in [7, 11) is 0. The summed E-state index contributed by atoms with van der Waals surface area (Å²) >= 11 is 0. The van der Waals surface area contributed by atoms with Gasteiger partial charge in [-0.2, -0.15) is 0 Å². The highest BCUT2D eigenvalue weighted by Gasteiger charge is 2.33. The fraction of sp³-hybridized carbons (Fsp3) is 0.286. The topological polar surface area (TPSA) is 48.1 Å². The molecule has 0 bridgehead atoms. The Morgan fingerprint density at radius 2 is 1.88 bits per heavy atom.